The van der Waals surface area contributed by atoms with Gasteiger partial charge in [-0.15, -0.1) is 0 Å². The third kappa shape index (κ3) is 5.51. The van der Waals surface area contributed by atoms with Gasteiger partial charge in [-0.05, 0) is 55.0 Å². The molecular weight excluding hydrogens is 402 g/mol. The van der Waals surface area contributed by atoms with Crippen LogP contribution in [-0.2, 0) is 19.6 Å². The van der Waals surface area contributed by atoms with Crippen molar-refractivity contribution in [1.82, 2.24) is 15.3 Å². The molecular formula is C26H31N3O3. The fourth-order valence-electron chi connectivity index (χ4n) is 4.56. The minimum absolute atomic E-state index is 0.0383. The average molecular weight is 434 g/mol. The van der Waals surface area contributed by atoms with Crippen molar-refractivity contribution in [2.75, 3.05) is 6.61 Å². The highest BCUT2D eigenvalue weighted by atomic mass is 16.5. The van der Waals surface area contributed by atoms with Crippen LogP contribution in [0.2, 0.25) is 0 Å². The van der Waals surface area contributed by atoms with Crippen LogP contribution in [0.3, 0.4) is 0 Å². The lowest BCUT2D eigenvalue weighted by Crippen LogP contribution is -2.36. The van der Waals surface area contributed by atoms with Crippen LogP contribution in [0.4, 0.5) is 0 Å². The number of hydrogen-bond acceptors (Lipinski definition) is 6. The lowest BCUT2D eigenvalue weighted by molar-refractivity contribution is 0.0715. The van der Waals surface area contributed by atoms with Crippen LogP contribution in [0.5, 0.6) is 5.75 Å². The first-order chi connectivity index (χ1) is 15.6. The second-order valence-electron chi connectivity index (χ2n) is 8.50. The number of aliphatic hydroxyl groups excluding tert-OH is 2. The minimum Gasteiger partial charge on any atom is -0.486 e. The van der Waals surface area contributed by atoms with Gasteiger partial charge in [0.25, 0.3) is 0 Å². The van der Waals surface area contributed by atoms with E-state index in [-0.39, 0.29) is 24.5 Å². The lowest BCUT2D eigenvalue weighted by Gasteiger charge is -2.25. The zero-order chi connectivity index (χ0) is 22.3. The van der Waals surface area contributed by atoms with Crippen molar-refractivity contribution in [2.45, 2.75) is 45.1 Å². The standard InChI is InChI=1S/C26H31N3O3/c1-18-7-5-6-8-19(18)15-28-24-14-25(31)23(16-30)22(24)13-20-11-12-27-26(29-20)17-32-21-9-3-2-4-10-21/h2-12,22-25,28,30-31H,13-17H2,1H3/t22-,23-,24-,25-/m1/s1. The summed E-state index contributed by atoms with van der Waals surface area (Å²) >= 11 is 0. The van der Waals surface area contributed by atoms with E-state index in [0.29, 0.717) is 25.3 Å². The molecule has 0 amide bonds. The molecule has 3 aromatic rings. The summed E-state index contributed by atoms with van der Waals surface area (Å²) in [6, 6.07) is 19.9. The van der Waals surface area contributed by atoms with Crippen LogP contribution in [0, 0.1) is 18.8 Å². The summed E-state index contributed by atoms with van der Waals surface area (Å²) in [6.45, 7) is 3.10. The zero-order valence-corrected chi connectivity index (χ0v) is 18.4. The number of para-hydroxylation sites is 1. The normalized spacial score (nSPS) is 22.7. The van der Waals surface area contributed by atoms with Crippen molar-refractivity contribution < 1.29 is 14.9 Å². The topological polar surface area (TPSA) is 87.5 Å². The molecule has 1 aliphatic carbocycles. The van der Waals surface area contributed by atoms with Gasteiger partial charge in [-0.1, -0.05) is 42.5 Å². The summed E-state index contributed by atoms with van der Waals surface area (Å²) in [5.41, 5.74) is 3.38. The van der Waals surface area contributed by atoms with Crippen LogP contribution < -0.4 is 10.1 Å². The van der Waals surface area contributed by atoms with Gasteiger partial charge in [0, 0.05) is 37.0 Å². The van der Waals surface area contributed by atoms with E-state index in [4.69, 9.17) is 4.74 Å². The van der Waals surface area contributed by atoms with Gasteiger partial charge < -0.3 is 20.3 Å². The number of aliphatic hydroxyl groups is 2. The fraction of sp³-hybridized carbons (Fsp3) is 0.385. The Labute approximate surface area is 189 Å². The van der Waals surface area contributed by atoms with E-state index in [1.807, 2.05) is 48.5 Å². The quantitative estimate of drug-likeness (QED) is 0.481. The van der Waals surface area contributed by atoms with Gasteiger partial charge in [-0.3, -0.25) is 0 Å². The predicted octanol–water partition coefficient (Wildman–Crippen LogP) is 3.05. The number of ether oxygens (including phenoxy) is 1. The SMILES string of the molecule is Cc1ccccc1CN[C@@H]1C[C@@H](O)[C@H](CO)[C@H]1Cc1ccnc(COc2ccccc2)n1. The molecule has 0 saturated heterocycles. The largest absolute Gasteiger partial charge is 0.486 e. The Bertz CT molecular complexity index is 998. The first-order valence-electron chi connectivity index (χ1n) is 11.2. The monoisotopic (exact) mass is 433 g/mol. The van der Waals surface area contributed by atoms with Gasteiger partial charge in [0.05, 0.1) is 6.10 Å². The molecule has 0 bridgehead atoms. The molecule has 1 saturated carbocycles. The molecule has 1 heterocycles. The highest BCUT2D eigenvalue weighted by Crippen LogP contribution is 2.35. The molecule has 3 N–H and O–H groups in total. The Balaban J connectivity index is 1.43. The van der Waals surface area contributed by atoms with E-state index < -0.39 is 6.10 Å². The fourth-order valence-corrected chi connectivity index (χ4v) is 4.56. The molecule has 4 rings (SSSR count). The average Bonchev–Trinajstić information content (AvgIpc) is 3.12. The molecule has 6 heteroatoms. The smallest absolute Gasteiger partial charge is 0.166 e. The van der Waals surface area contributed by atoms with Gasteiger partial charge in [-0.2, -0.15) is 0 Å². The van der Waals surface area contributed by atoms with Crippen LogP contribution in [-0.4, -0.2) is 38.9 Å². The molecule has 1 aliphatic rings. The highest BCUT2D eigenvalue weighted by molar-refractivity contribution is 5.25. The minimum atomic E-state index is -0.526. The van der Waals surface area contributed by atoms with Gasteiger partial charge in [0.15, 0.2) is 5.82 Å². The molecule has 4 atom stereocenters. The highest BCUT2D eigenvalue weighted by Gasteiger charge is 2.42. The molecule has 1 aromatic heterocycles. The van der Waals surface area contributed by atoms with E-state index in [9.17, 15) is 10.2 Å². The van der Waals surface area contributed by atoms with E-state index in [2.05, 4.69) is 34.3 Å². The maximum absolute atomic E-state index is 10.6. The molecule has 2 aromatic carbocycles. The van der Waals surface area contributed by atoms with Crippen LogP contribution in [0.25, 0.3) is 0 Å². The Morgan fingerprint density at radius 2 is 1.81 bits per heavy atom. The predicted molar refractivity (Wildman–Crippen MR) is 123 cm³/mol. The maximum Gasteiger partial charge on any atom is 0.166 e. The van der Waals surface area contributed by atoms with Crippen molar-refractivity contribution in [1.29, 1.82) is 0 Å². The Hall–Kier alpha value is -2.80. The second-order valence-corrected chi connectivity index (χ2v) is 8.50. The molecule has 0 unspecified atom stereocenters. The second kappa shape index (κ2) is 10.7. The Kier molecular flexibility index (Phi) is 7.47. The van der Waals surface area contributed by atoms with Crippen molar-refractivity contribution in [3.8, 4) is 5.75 Å². The third-order valence-corrected chi connectivity index (χ3v) is 6.40. The molecule has 32 heavy (non-hydrogen) atoms. The molecule has 0 spiro atoms. The summed E-state index contributed by atoms with van der Waals surface area (Å²) in [7, 11) is 0. The van der Waals surface area contributed by atoms with Gasteiger partial charge in [0.1, 0.15) is 12.4 Å². The molecule has 168 valence electrons. The Morgan fingerprint density at radius 1 is 1.03 bits per heavy atom. The van der Waals surface area contributed by atoms with Crippen molar-refractivity contribution in [3.05, 3.63) is 89.5 Å². The van der Waals surface area contributed by atoms with E-state index in [0.717, 1.165) is 18.0 Å². The van der Waals surface area contributed by atoms with Crippen molar-refractivity contribution >= 4 is 0 Å². The molecule has 6 nitrogen and oxygen atoms in total. The third-order valence-electron chi connectivity index (χ3n) is 6.40. The van der Waals surface area contributed by atoms with Crippen LogP contribution >= 0.6 is 0 Å². The van der Waals surface area contributed by atoms with Gasteiger partial charge in [-0.25, -0.2) is 9.97 Å². The van der Waals surface area contributed by atoms with Crippen LogP contribution in [0.1, 0.15) is 29.1 Å². The molecule has 0 radical (unpaired) electrons. The zero-order valence-electron chi connectivity index (χ0n) is 18.4. The number of rotatable bonds is 9. The van der Waals surface area contributed by atoms with E-state index in [1.54, 1.807) is 6.20 Å². The number of hydrogen-bond donors (Lipinski definition) is 3. The summed E-state index contributed by atoms with van der Waals surface area (Å²) in [4.78, 5) is 9.02. The van der Waals surface area contributed by atoms with Gasteiger partial charge in [0.2, 0.25) is 0 Å². The Morgan fingerprint density at radius 3 is 2.59 bits per heavy atom. The maximum atomic E-state index is 10.6. The van der Waals surface area contributed by atoms with E-state index >= 15 is 0 Å². The molecule has 1 fully saturated rings. The van der Waals surface area contributed by atoms with E-state index in [1.165, 1.54) is 11.1 Å². The number of nitrogens with one attached hydrogen (secondary N) is 1. The first-order valence-corrected chi connectivity index (χ1v) is 11.2. The van der Waals surface area contributed by atoms with Crippen LogP contribution in [0.15, 0.2) is 66.9 Å². The lowest BCUT2D eigenvalue weighted by atomic mass is 9.88. The number of benzene rings is 2. The number of aromatic nitrogens is 2. The van der Waals surface area contributed by atoms with Crippen molar-refractivity contribution in [3.63, 3.8) is 0 Å². The summed E-state index contributed by atoms with van der Waals surface area (Å²) in [5, 5.41) is 24.2. The summed E-state index contributed by atoms with van der Waals surface area (Å²) in [6.07, 6.45) is 2.51. The first kappa shape index (κ1) is 22.4. The summed E-state index contributed by atoms with van der Waals surface area (Å²) < 4.78 is 5.78. The van der Waals surface area contributed by atoms with Crippen molar-refractivity contribution in [2.24, 2.45) is 11.8 Å². The van der Waals surface area contributed by atoms with Gasteiger partial charge >= 0.3 is 0 Å². The summed E-state index contributed by atoms with van der Waals surface area (Å²) in [5.74, 6) is 1.30. The number of nitrogens with zero attached hydrogens (tertiary/aromatic N) is 2. The number of aryl methyl sites for hydroxylation is 1. The molecule has 0 aliphatic heterocycles.